The molecule has 37 heavy (non-hydrogen) atoms. The first kappa shape index (κ1) is 24.5. The van der Waals surface area contributed by atoms with Gasteiger partial charge in [-0.3, -0.25) is 14.5 Å². The van der Waals surface area contributed by atoms with Crippen LogP contribution in [0.3, 0.4) is 0 Å². The molecule has 188 valence electrons. The molecule has 1 aliphatic heterocycles. The average molecular weight is 496 g/mol. The number of amides is 2. The van der Waals surface area contributed by atoms with Gasteiger partial charge >= 0.3 is 0 Å². The number of rotatable bonds is 8. The van der Waals surface area contributed by atoms with Crippen molar-refractivity contribution in [3.63, 3.8) is 0 Å². The normalized spacial score (nSPS) is 14.1. The van der Waals surface area contributed by atoms with Gasteiger partial charge in [0, 0.05) is 12.7 Å². The maximum atomic E-state index is 14.1. The monoisotopic (exact) mass is 495 g/mol. The molecule has 0 N–H and O–H groups in total. The third kappa shape index (κ3) is 5.05. The van der Waals surface area contributed by atoms with Crippen molar-refractivity contribution >= 4 is 17.5 Å². The van der Waals surface area contributed by atoms with Crippen LogP contribution in [0.4, 0.5) is 10.1 Å². The minimum atomic E-state index is -0.449. The summed E-state index contributed by atoms with van der Waals surface area (Å²) >= 11 is 0. The van der Waals surface area contributed by atoms with E-state index in [0.717, 1.165) is 41.0 Å². The summed E-state index contributed by atoms with van der Waals surface area (Å²) in [7, 11) is 0. The minimum absolute atomic E-state index is 0.0294. The summed E-state index contributed by atoms with van der Waals surface area (Å²) in [5, 5.41) is 0. The number of carbonyl (C=O) groups excluding carboxylic acids is 2. The molecule has 1 unspecified atom stereocenters. The lowest BCUT2D eigenvalue weighted by atomic mass is 9.97. The van der Waals surface area contributed by atoms with Crippen LogP contribution in [-0.2, 0) is 16.0 Å². The van der Waals surface area contributed by atoms with Crippen molar-refractivity contribution in [3.8, 4) is 5.69 Å². The van der Waals surface area contributed by atoms with E-state index in [4.69, 9.17) is 0 Å². The van der Waals surface area contributed by atoms with Gasteiger partial charge in [-0.25, -0.2) is 4.39 Å². The smallest absolute Gasteiger partial charge is 0.247 e. The molecule has 3 aromatic carbocycles. The molecule has 1 atom stereocenters. The summed E-state index contributed by atoms with van der Waals surface area (Å²) in [6.45, 7) is 2.56. The number of unbranched alkanes of at least 4 members (excludes halogenated alkanes) is 1. The first-order valence-electron chi connectivity index (χ1n) is 12.7. The summed E-state index contributed by atoms with van der Waals surface area (Å²) in [6.07, 6.45) is 3.96. The molecule has 2 amide bonds. The maximum Gasteiger partial charge on any atom is 0.247 e. The fourth-order valence-electron chi connectivity index (χ4n) is 4.99. The van der Waals surface area contributed by atoms with Crippen molar-refractivity contribution in [2.75, 3.05) is 18.0 Å². The first-order chi connectivity index (χ1) is 18.1. The number of benzene rings is 3. The van der Waals surface area contributed by atoms with E-state index < -0.39 is 6.04 Å². The van der Waals surface area contributed by atoms with E-state index in [2.05, 4.69) is 11.5 Å². The second-order valence-corrected chi connectivity index (χ2v) is 9.34. The van der Waals surface area contributed by atoms with Crippen LogP contribution < -0.4 is 4.90 Å². The number of hydrogen-bond donors (Lipinski definition) is 0. The van der Waals surface area contributed by atoms with Gasteiger partial charge < -0.3 is 9.47 Å². The average Bonchev–Trinajstić information content (AvgIpc) is 3.41. The van der Waals surface area contributed by atoms with E-state index in [1.54, 1.807) is 21.9 Å². The lowest BCUT2D eigenvalue weighted by molar-refractivity contribution is -0.134. The lowest BCUT2D eigenvalue weighted by Gasteiger charge is -2.39. The zero-order valence-corrected chi connectivity index (χ0v) is 20.9. The predicted octanol–water partition coefficient (Wildman–Crippen LogP) is 5.92. The first-order valence-corrected chi connectivity index (χ1v) is 12.7. The van der Waals surface area contributed by atoms with Crippen LogP contribution in [0.5, 0.6) is 0 Å². The van der Waals surface area contributed by atoms with Gasteiger partial charge in [0.1, 0.15) is 18.4 Å². The second kappa shape index (κ2) is 10.8. The fourth-order valence-corrected chi connectivity index (χ4v) is 4.99. The van der Waals surface area contributed by atoms with Crippen molar-refractivity contribution in [2.24, 2.45) is 0 Å². The Morgan fingerprint density at radius 3 is 2.30 bits per heavy atom. The Kier molecular flexibility index (Phi) is 7.17. The zero-order valence-electron chi connectivity index (χ0n) is 20.9. The number of halogens is 1. The molecular formula is C31H30FN3O2. The molecule has 0 fully saturated rings. The van der Waals surface area contributed by atoms with Gasteiger partial charge in [0.05, 0.1) is 23.5 Å². The molecule has 5 rings (SSSR count). The third-order valence-electron chi connectivity index (χ3n) is 6.83. The van der Waals surface area contributed by atoms with Gasteiger partial charge in [-0.15, -0.1) is 0 Å². The Balaban J connectivity index is 1.51. The van der Waals surface area contributed by atoms with Gasteiger partial charge in [0.25, 0.3) is 0 Å². The van der Waals surface area contributed by atoms with Gasteiger partial charge in [0.15, 0.2) is 0 Å². The molecule has 0 saturated carbocycles. The number of nitrogens with zero attached hydrogens (tertiary/aromatic N) is 3. The Hall–Kier alpha value is -4.19. The second-order valence-electron chi connectivity index (χ2n) is 9.34. The fraction of sp³-hybridized carbons (Fsp3) is 0.226. The highest BCUT2D eigenvalue weighted by Crippen LogP contribution is 2.42. The summed E-state index contributed by atoms with van der Waals surface area (Å²) in [4.78, 5) is 30.9. The summed E-state index contributed by atoms with van der Waals surface area (Å²) in [5.41, 5.74) is 4.29. The van der Waals surface area contributed by atoms with Crippen LogP contribution in [0.1, 0.15) is 42.6 Å². The zero-order chi connectivity index (χ0) is 25.8. The van der Waals surface area contributed by atoms with E-state index in [1.165, 1.54) is 12.1 Å². The molecule has 5 nitrogen and oxygen atoms in total. The number of aromatic nitrogens is 1. The molecule has 0 radical (unpaired) electrons. The molecule has 0 aliphatic carbocycles. The van der Waals surface area contributed by atoms with Crippen LogP contribution in [0.15, 0.2) is 97.2 Å². The van der Waals surface area contributed by atoms with Crippen molar-refractivity contribution in [1.29, 1.82) is 0 Å². The van der Waals surface area contributed by atoms with E-state index in [-0.39, 0.29) is 30.6 Å². The number of hydrogen-bond acceptors (Lipinski definition) is 2. The number of fused-ring (bicyclic) bond motifs is 3. The Labute approximate surface area is 216 Å². The summed E-state index contributed by atoms with van der Waals surface area (Å²) in [6, 6.07) is 27.1. The summed E-state index contributed by atoms with van der Waals surface area (Å²) in [5.74, 6) is -0.572. The van der Waals surface area contributed by atoms with E-state index in [1.807, 2.05) is 72.9 Å². The van der Waals surface area contributed by atoms with Crippen LogP contribution in [0.2, 0.25) is 0 Å². The van der Waals surface area contributed by atoms with E-state index in [0.29, 0.717) is 6.54 Å². The van der Waals surface area contributed by atoms with E-state index in [9.17, 15) is 14.0 Å². The largest absolute Gasteiger partial charge is 0.333 e. The van der Waals surface area contributed by atoms with Gasteiger partial charge in [-0.05, 0) is 53.9 Å². The van der Waals surface area contributed by atoms with Crippen molar-refractivity contribution in [2.45, 2.75) is 32.2 Å². The topological polar surface area (TPSA) is 45.6 Å². The number of carbonyl (C=O) groups is 2. The van der Waals surface area contributed by atoms with Crippen molar-refractivity contribution < 1.29 is 14.0 Å². The molecule has 1 aromatic heterocycles. The highest BCUT2D eigenvalue weighted by atomic mass is 19.1. The SMILES string of the molecule is CCCCN(CC(=O)N1c2ccccc2-n2cccc2C1c1ccc(F)cc1)C(=O)Cc1ccccc1. The van der Waals surface area contributed by atoms with E-state index >= 15 is 0 Å². The maximum absolute atomic E-state index is 14.1. The number of para-hydroxylation sites is 2. The standard InChI is InChI=1S/C31H30FN3O2/c1-2-3-19-33(29(36)21-23-10-5-4-6-11-23)22-30(37)35-27-13-8-7-12-26(27)34-20-9-14-28(34)31(35)24-15-17-25(32)18-16-24/h4-18,20,31H,2-3,19,21-22H2,1H3. The Bertz CT molecular complexity index is 1380. The lowest BCUT2D eigenvalue weighted by Crippen LogP contribution is -2.47. The summed E-state index contributed by atoms with van der Waals surface area (Å²) < 4.78 is 15.9. The van der Waals surface area contributed by atoms with Gasteiger partial charge in [-0.1, -0.05) is 67.9 Å². The highest BCUT2D eigenvalue weighted by Gasteiger charge is 2.36. The molecule has 2 heterocycles. The minimum Gasteiger partial charge on any atom is -0.333 e. The van der Waals surface area contributed by atoms with Crippen LogP contribution in [0.25, 0.3) is 5.69 Å². The Morgan fingerprint density at radius 2 is 1.57 bits per heavy atom. The third-order valence-corrected chi connectivity index (χ3v) is 6.83. The molecule has 4 aromatic rings. The van der Waals surface area contributed by atoms with Gasteiger partial charge in [0.2, 0.25) is 11.8 Å². The quantitative estimate of drug-likeness (QED) is 0.304. The Morgan fingerprint density at radius 1 is 0.865 bits per heavy atom. The number of anilines is 1. The van der Waals surface area contributed by atoms with Crippen LogP contribution >= 0.6 is 0 Å². The van der Waals surface area contributed by atoms with Crippen molar-refractivity contribution in [1.82, 2.24) is 9.47 Å². The predicted molar refractivity (Wildman–Crippen MR) is 143 cm³/mol. The molecule has 0 spiro atoms. The molecule has 6 heteroatoms. The van der Waals surface area contributed by atoms with Crippen LogP contribution in [0, 0.1) is 5.82 Å². The van der Waals surface area contributed by atoms with Crippen LogP contribution in [-0.4, -0.2) is 34.4 Å². The molecular weight excluding hydrogens is 465 g/mol. The molecule has 0 bridgehead atoms. The van der Waals surface area contributed by atoms with Crippen molar-refractivity contribution in [3.05, 3.63) is 120 Å². The molecule has 1 aliphatic rings. The molecule has 0 saturated heterocycles. The highest BCUT2D eigenvalue weighted by molar-refractivity contribution is 6.00. The van der Waals surface area contributed by atoms with Gasteiger partial charge in [-0.2, -0.15) is 0 Å².